The highest BCUT2D eigenvalue weighted by molar-refractivity contribution is 5.63. The molecule has 0 saturated carbocycles. The third-order valence-corrected chi connectivity index (χ3v) is 4.10. The molecule has 4 nitrogen and oxygen atoms in total. The normalized spacial score (nSPS) is 20.4. The zero-order chi connectivity index (χ0) is 15.6. The predicted octanol–water partition coefficient (Wildman–Crippen LogP) is 3.26. The van der Waals surface area contributed by atoms with Crippen molar-refractivity contribution < 1.29 is 9.13 Å². The molecule has 1 saturated heterocycles. The summed E-state index contributed by atoms with van der Waals surface area (Å²) in [6, 6.07) is 6.73. The Hall–Kier alpha value is -1.72. The quantitative estimate of drug-likeness (QED) is 0.891. The van der Waals surface area contributed by atoms with E-state index in [1.54, 1.807) is 18.3 Å². The minimum Gasteiger partial charge on any atom is -0.371 e. The molecule has 1 aromatic carbocycles. The maximum atomic E-state index is 13.9. The molecule has 0 amide bonds. The van der Waals surface area contributed by atoms with Gasteiger partial charge in [-0.3, -0.25) is 5.10 Å². The number of benzene rings is 1. The molecule has 1 aliphatic rings. The summed E-state index contributed by atoms with van der Waals surface area (Å²) in [6.45, 7) is 5.69. The summed E-state index contributed by atoms with van der Waals surface area (Å²) >= 11 is 0. The van der Waals surface area contributed by atoms with E-state index in [4.69, 9.17) is 4.74 Å². The Morgan fingerprint density at radius 3 is 2.95 bits per heavy atom. The van der Waals surface area contributed by atoms with Gasteiger partial charge in [-0.25, -0.2) is 4.39 Å². The van der Waals surface area contributed by atoms with E-state index in [2.05, 4.69) is 29.4 Å². The van der Waals surface area contributed by atoms with E-state index in [9.17, 15) is 4.39 Å². The van der Waals surface area contributed by atoms with Crippen molar-refractivity contribution >= 4 is 0 Å². The van der Waals surface area contributed by atoms with Crippen LogP contribution in [0.5, 0.6) is 0 Å². The number of aromatic nitrogens is 2. The van der Waals surface area contributed by atoms with Crippen LogP contribution in [0.4, 0.5) is 4.39 Å². The Balaban J connectivity index is 1.61. The fourth-order valence-electron chi connectivity index (χ4n) is 2.93. The summed E-state index contributed by atoms with van der Waals surface area (Å²) in [5.41, 5.74) is 2.23. The van der Waals surface area contributed by atoms with Gasteiger partial charge in [0.15, 0.2) is 0 Å². The van der Waals surface area contributed by atoms with Gasteiger partial charge < -0.3 is 10.1 Å². The Morgan fingerprint density at radius 1 is 1.41 bits per heavy atom. The Morgan fingerprint density at radius 2 is 2.23 bits per heavy atom. The van der Waals surface area contributed by atoms with E-state index in [-0.39, 0.29) is 17.5 Å². The van der Waals surface area contributed by atoms with E-state index < -0.39 is 0 Å². The van der Waals surface area contributed by atoms with Crippen molar-refractivity contribution in [3.8, 4) is 11.3 Å². The zero-order valence-corrected chi connectivity index (χ0v) is 13.0. The number of ether oxygens (including phenoxy) is 1. The molecule has 0 bridgehead atoms. The number of nitrogens with one attached hydrogen (secondary N) is 2. The second kappa shape index (κ2) is 6.18. The van der Waals surface area contributed by atoms with Crippen LogP contribution in [0, 0.1) is 5.82 Å². The van der Waals surface area contributed by atoms with Crippen molar-refractivity contribution in [3.05, 3.63) is 41.8 Å². The SMILES string of the molecule is CC1(C)CCC(CNCc2cn[nH]c2-c2ccccc2F)O1. The number of H-pyrrole nitrogens is 1. The lowest BCUT2D eigenvalue weighted by atomic mass is 10.1. The lowest BCUT2D eigenvalue weighted by molar-refractivity contribution is -0.0142. The summed E-state index contributed by atoms with van der Waals surface area (Å²) in [5, 5.41) is 10.3. The Labute approximate surface area is 130 Å². The fraction of sp³-hybridized carbons (Fsp3) is 0.471. The number of aromatic amines is 1. The second-order valence-electron chi connectivity index (χ2n) is 6.42. The Bertz CT molecular complexity index is 638. The van der Waals surface area contributed by atoms with Crippen LogP contribution in [0.25, 0.3) is 11.3 Å². The van der Waals surface area contributed by atoms with Gasteiger partial charge in [0.2, 0.25) is 0 Å². The minimum atomic E-state index is -0.242. The number of halogens is 1. The first-order chi connectivity index (χ1) is 10.6. The Kier molecular flexibility index (Phi) is 4.27. The third kappa shape index (κ3) is 3.36. The van der Waals surface area contributed by atoms with Gasteiger partial charge in [0.1, 0.15) is 5.82 Å². The van der Waals surface area contributed by atoms with Crippen LogP contribution in [-0.2, 0) is 11.3 Å². The molecule has 1 fully saturated rings. The van der Waals surface area contributed by atoms with Crippen LogP contribution in [0.1, 0.15) is 32.3 Å². The standard InChI is InChI=1S/C17H22FN3O/c1-17(2)8-7-13(22-17)11-19-9-12-10-20-21-16(12)14-5-3-4-6-15(14)18/h3-6,10,13,19H,7-9,11H2,1-2H3,(H,20,21). The van der Waals surface area contributed by atoms with Crippen molar-refractivity contribution in [1.29, 1.82) is 0 Å². The first-order valence-electron chi connectivity index (χ1n) is 7.71. The molecule has 1 aliphatic heterocycles. The molecular formula is C17H22FN3O. The second-order valence-corrected chi connectivity index (χ2v) is 6.42. The van der Waals surface area contributed by atoms with Crippen LogP contribution in [0.3, 0.4) is 0 Å². The highest BCUT2D eigenvalue weighted by atomic mass is 19.1. The van der Waals surface area contributed by atoms with Gasteiger partial charge in [-0.2, -0.15) is 5.10 Å². The van der Waals surface area contributed by atoms with E-state index in [0.29, 0.717) is 12.1 Å². The van der Waals surface area contributed by atoms with Crippen LogP contribution < -0.4 is 5.32 Å². The summed E-state index contributed by atoms with van der Waals surface area (Å²) < 4.78 is 19.9. The summed E-state index contributed by atoms with van der Waals surface area (Å²) in [7, 11) is 0. The molecule has 5 heteroatoms. The van der Waals surface area contributed by atoms with Crippen molar-refractivity contribution in [2.75, 3.05) is 6.54 Å². The van der Waals surface area contributed by atoms with Crippen molar-refractivity contribution in [3.63, 3.8) is 0 Å². The number of rotatable bonds is 5. The molecule has 118 valence electrons. The molecule has 0 radical (unpaired) electrons. The third-order valence-electron chi connectivity index (χ3n) is 4.10. The minimum absolute atomic E-state index is 0.0136. The van der Waals surface area contributed by atoms with Gasteiger partial charge in [0, 0.05) is 24.2 Å². The van der Waals surface area contributed by atoms with Crippen molar-refractivity contribution in [1.82, 2.24) is 15.5 Å². The van der Waals surface area contributed by atoms with E-state index in [1.807, 2.05) is 6.07 Å². The maximum Gasteiger partial charge on any atom is 0.132 e. The van der Waals surface area contributed by atoms with Crippen molar-refractivity contribution in [2.24, 2.45) is 0 Å². The topological polar surface area (TPSA) is 49.9 Å². The molecule has 2 N–H and O–H groups in total. The fourth-order valence-corrected chi connectivity index (χ4v) is 2.93. The van der Waals surface area contributed by atoms with Gasteiger partial charge in [0.25, 0.3) is 0 Å². The first kappa shape index (κ1) is 15.2. The first-order valence-corrected chi connectivity index (χ1v) is 7.71. The molecule has 2 heterocycles. The van der Waals surface area contributed by atoms with Gasteiger partial charge in [-0.1, -0.05) is 12.1 Å². The van der Waals surface area contributed by atoms with E-state index >= 15 is 0 Å². The average Bonchev–Trinajstić information content (AvgIpc) is 3.06. The van der Waals surface area contributed by atoms with Gasteiger partial charge in [-0.05, 0) is 38.8 Å². The number of nitrogens with zero attached hydrogens (tertiary/aromatic N) is 1. The molecule has 0 aliphatic carbocycles. The average molecular weight is 303 g/mol. The molecule has 1 unspecified atom stereocenters. The van der Waals surface area contributed by atoms with Crippen LogP contribution in [-0.4, -0.2) is 28.4 Å². The van der Waals surface area contributed by atoms with Crippen LogP contribution in [0.15, 0.2) is 30.5 Å². The van der Waals surface area contributed by atoms with Gasteiger partial charge in [-0.15, -0.1) is 0 Å². The molecule has 22 heavy (non-hydrogen) atoms. The molecule has 2 aromatic rings. The summed E-state index contributed by atoms with van der Waals surface area (Å²) in [5.74, 6) is -0.242. The van der Waals surface area contributed by atoms with Gasteiger partial charge in [0.05, 0.1) is 23.6 Å². The molecule has 3 rings (SSSR count). The van der Waals surface area contributed by atoms with Gasteiger partial charge >= 0.3 is 0 Å². The molecular weight excluding hydrogens is 281 g/mol. The largest absolute Gasteiger partial charge is 0.371 e. The number of hydrogen-bond acceptors (Lipinski definition) is 3. The lowest BCUT2D eigenvalue weighted by Gasteiger charge is -2.19. The lowest BCUT2D eigenvalue weighted by Crippen LogP contribution is -2.29. The van der Waals surface area contributed by atoms with E-state index in [0.717, 1.165) is 30.6 Å². The molecule has 1 aromatic heterocycles. The monoisotopic (exact) mass is 303 g/mol. The molecule has 1 atom stereocenters. The summed E-state index contributed by atoms with van der Waals surface area (Å²) in [4.78, 5) is 0. The van der Waals surface area contributed by atoms with E-state index in [1.165, 1.54) is 6.07 Å². The van der Waals surface area contributed by atoms with Crippen LogP contribution >= 0.6 is 0 Å². The zero-order valence-electron chi connectivity index (χ0n) is 13.0. The summed E-state index contributed by atoms with van der Waals surface area (Å²) in [6.07, 6.45) is 4.16. The number of hydrogen-bond donors (Lipinski definition) is 2. The highest BCUT2D eigenvalue weighted by Gasteiger charge is 2.31. The van der Waals surface area contributed by atoms with Crippen molar-refractivity contribution in [2.45, 2.75) is 44.9 Å². The van der Waals surface area contributed by atoms with Crippen LogP contribution in [0.2, 0.25) is 0 Å². The smallest absolute Gasteiger partial charge is 0.132 e. The maximum absolute atomic E-state index is 13.9. The molecule has 0 spiro atoms. The highest BCUT2D eigenvalue weighted by Crippen LogP contribution is 2.29. The predicted molar refractivity (Wildman–Crippen MR) is 83.9 cm³/mol.